The van der Waals surface area contributed by atoms with Crippen LogP contribution in [0.1, 0.15) is 66.4 Å². The lowest BCUT2D eigenvalue weighted by Crippen LogP contribution is -2.58. The van der Waals surface area contributed by atoms with Crippen LogP contribution in [0.5, 0.6) is 0 Å². The van der Waals surface area contributed by atoms with E-state index >= 15 is 0 Å². The second kappa shape index (κ2) is 10.9. The zero-order valence-corrected chi connectivity index (χ0v) is 22.1. The highest BCUT2D eigenvalue weighted by Gasteiger charge is 2.41. The molecule has 7 nitrogen and oxygen atoms in total. The number of hydrogen-bond donors (Lipinski definition) is 0. The summed E-state index contributed by atoms with van der Waals surface area (Å²) >= 11 is 0. The summed E-state index contributed by atoms with van der Waals surface area (Å²) in [5.41, 5.74) is 2.96. The highest BCUT2D eigenvalue weighted by atomic mass is 35.5. The van der Waals surface area contributed by atoms with Crippen molar-refractivity contribution in [1.82, 2.24) is 18.8 Å². The first-order valence-corrected chi connectivity index (χ1v) is 13.5. The Morgan fingerprint density at radius 2 is 1.65 bits per heavy atom. The Labute approximate surface area is 210 Å². The maximum absolute atomic E-state index is 13.2. The van der Waals surface area contributed by atoms with Crippen LogP contribution in [0.15, 0.2) is 35.7 Å². The fourth-order valence-corrected chi connectivity index (χ4v) is 7.11. The van der Waals surface area contributed by atoms with Gasteiger partial charge in [0, 0.05) is 56.9 Å². The van der Waals surface area contributed by atoms with Crippen LogP contribution in [0.2, 0.25) is 0 Å². The number of carbonyl (C=O) groups excluding carboxylic acids is 1. The van der Waals surface area contributed by atoms with Gasteiger partial charge in [-0.1, -0.05) is 37.5 Å². The number of Topliss-reactive ketones (excluding diaryl/α,β-unsaturated/α-hetero) is 1. The van der Waals surface area contributed by atoms with Gasteiger partial charge in [0.25, 0.3) is 10.0 Å². The largest absolute Gasteiger partial charge is 0.339 e. The van der Waals surface area contributed by atoms with Crippen LogP contribution in [-0.4, -0.2) is 64.7 Å². The summed E-state index contributed by atoms with van der Waals surface area (Å²) in [5.74, 6) is 0.229. The van der Waals surface area contributed by atoms with Crippen LogP contribution < -0.4 is 0 Å². The van der Waals surface area contributed by atoms with E-state index in [1.54, 1.807) is 22.1 Å². The molecule has 9 heteroatoms. The number of aryl methyl sites for hydroxylation is 3. The predicted octanol–water partition coefficient (Wildman–Crippen LogP) is 4.13. The third-order valence-electron chi connectivity index (χ3n) is 7.56. The molecule has 34 heavy (non-hydrogen) atoms. The second-order valence-corrected chi connectivity index (χ2v) is 11.6. The number of piperazine rings is 1. The topological polar surface area (TPSA) is 75.5 Å². The minimum absolute atomic E-state index is 0. The average Bonchev–Trinajstić information content (AvgIpc) is 3.25. The van der Waals surface area contributed by atoms with E-state index in [-0.39, 0.29) is 28.8 Å². The maximum Gasteiger partial charge on any atom is 0.262 e. The zero-order valence-electron chi connectivity index (χ0n) is 20.5. The van der Waals surface area contributed by atoms with Gasteiger partial charge in [-0.15, -0.1) is 12.4 Å². The molecule has 1 aliphatic heterocycles. The summed E-state index contributed by atoms with van der Waals surface area (Å²) in [6.07, 6.45) is 10.2. The molecule has 0 unspecified atom stereocenters. The summed E-state index contributed by atoms with van der Waals surface area (Å²) in [5, 5.41) is 0.116. The van der Waals surface area contributed by atoms with Gasteiger partial charge in [0.05, 0.1) is 6.33 Å². The number of aromatic nitrogens is 2. The van der Waals surface area contributed by atoms with E-state index in [0.29, 0.717) is 32.6 Å². The first-order valence-electron chi connectivity index (χ1n) is 12.1. The zero-order chi connectivity index (χ0) is 23.6. The van der Waals surface area contributed by atoms with E-state index in [4.69, 9.17) is 0 Å². The fraction of sp³-hybridized carbons (Fsp3) is 0.600. The number of rotatable bonds is 7. The third kappa shape index (κ3) is 5.40. The molecule has 4 rings (SSSR count). The van der Waals surface area contributed by atoms with Crippen LogP contribution >= 0.6 is 12.4 Å². The number of nitrogens with zero attached hydrogens (tertiary/aromatic N) is 4. The molecule has 2 aromatic rings. The van der Waals surface area contributed by atoms with Gasteiger partial charge in [-0.3, -0.25) is 9.69 Å². The normalized spacial score (nSPS) is 19.5. The van der Waals surface area contributed by atoms with Gasteiger partial charge >= 0.3 is 0 Å². The monoisotopic (exact) mass is 508 g/mol. The lowest BCUT2D eigenvalue weighted by atomic mass is 9.76. The fourth-order valence-electron chi connectivity index (χ4n) is 5.72. The molecular formula is C25H37ClN4O3S. The molecule has 2 heterocycles. The third-order valence-corrected chi connectivity index (χ3v) is 9.34. The van der Waals surface area contributed by atoms with Crippen LogP contribution in [0.25, 0.3) is 0 Å². The molecule has 188 valence electrons. The molecule has 1 aliphatic carbocycles. The Morgan fingerprint density at radius 1 is 1.03 bits per heavy atom. The standard InChI is InChI=1S/C25H36N4O3S.ClH/c1-20-8-7-9-21(2)24(20)22(30)10-13-25(11-5-4-6-12-25)28-14-16-29(17-15-28)33(31,32)23-18-27(3)19-26-23;/h7-9,18-19H,4-6,10-17H2,1-3H3;1H. The van der Waals surface area contributed by atoms with Crippen LogP contribution in [-0.2, 0) is 17.1 Å². The van der Waals surface area contributed by atoms with Gasteiger partial charge in [-0.2, -0.15) is 4.31 Å². The Bertz CT molecular complexity index is 1080. The van der Waals surface area contributed by atoms with E-state index in [1.165, 1.54) is 25.6 Å². The van der Waals surface area contributed by atoms with Crippen molar-refractivity contribution < 1.29 is 13.2 Å². The van der Waals surface area contributed by atoms with Gasteiger partial charge < -0.3 is 4.57 Å². The lowest BCUT2D eigenvalue weighted by Gasteiger charge is -2.49. The number of halogens is 1. The minimum atomic E-state index is -3.57. The summed E-state index contributed by atoms with van der Waals surface area (Å²) in [7, 11) is -1.79. The van der Waals surface area contributed by atoms with Crippen LogP contribution in [0.3, 0.4) is 0 Å². The molecule has 0 spiro atoms. The van der Waals surface area contributed by atoms with Crippen molar-refractivity contribution in [2.75, 3.05) is 26.2 Å². The van der Waals surface area contributed by atoms with E-state index in [0.717, 1.165) is 36.0 Å². The Hall–Kier alpha value is -1.74. The van der Waals surface area contributed by atoms with Crippen molar-refractivity contribution in [3.8, 4) is 0 Å². The smallest absolute Gasteiger partial charge is 0.262 e. The highest BCUT2D eigenvalue weighted by molar-refractivity contribution is 7.89. The SMILES string of the molecule is Cc1cccc(C)c1C(=O)CCC1(N2CCN(S(=O)(=O)c3cn(C)cn3)CC2)CCCCC1.Cl. The molecule has 1 aromatic heterocycles. The van der Waals surface area contributed by atoms with Crippen LogP contribution in [0.4, 0.5) is 0 Å². The number of imidazole rings is 1. The Kier molecular flexibility index (Phi) is 8.61. The number of benzene rings is 1. The highest BCUT2D eigenvalue weighted by Crippen LogP contribution is 2.39. The van der Waals surface area contributed by atoms with Crippen LogP contribution in [0, 0.1) is 13.8 Å². The molecule has 1 aromatic carbocycles. The summed E-state index contributed by atoms with van der Waals surface area (Å²) in [6.45, 7) is 6.35. The van der Waals surface area contributed by atoms with E-state index < -0.39 is 10.0 Å². The molecule has 1 saturated carbocycles. The van der Waals surface area contributed by atoms with Crippen molar-refractivity contribution in [2.45, 2.75) is 69.4 Å². The average molecular weight is 509 g/mol. The number of ketones is 1. The van der Waals surface area contributed by atoms with Gasteiger partial charge in [0.2, 0.25) is 0 Å². The van der Waals surface area contributed by atoms with E-state index in [9.17, 15) is 13.2 Å². The molecule has 0 radical (unpaired) electrons. The van der Waals surface area contributed by atoms with Crippen molar-refractivity contribution in [3.05, 3.63) is 47.4 Å². The van der Waals surface area contributed by atoms with Crippen molar-refractivity contribution in [1.29, 1.82) is 0 Å². The summed E-state index contributed by atoms with van der Waals surface area (Å²) in [4.78, 5) is 19.7. The first kappa shape index (κ1) is 26.9. The molecule has 0 atom stereocenters. The number of sulfonamides is 1. The second-order valence-electron chi connectivity index (χ2n) is 9.74. The quantitative estimate of drug-likeness (QED) is 0.525. The summed E-state index contributed by atoms with van der Waals surface area (Å²) < 4.78 is 29.2. The Balaban J connectivity index is 0.00000324. The number of hydrogen-bond acceptors (Lipinski definition) is 5. The molecular weight excluding hydrogens is 472 g/mol. The predicted molar refractivity (Wildman–Crippen MR) is 136 cm³/mol. The molecule has 1 saturated heterocycles. The van der Waals surface area contributed by atoms with E-state index in [2.05, 4.69) is 9.88 Å². The summed E-state index contributed by atoms with van der Waals surface area (Å²) in [6, 6.07) is 6.03. The molecule has 0 amide bonds. The number of carbonyl (C=O) groups is 1. The van der Waals surface area contributed by atoms with E-state index in [1.807, 2.05) is 32.0 Å². The lowest BCUT2D eigenvalue weighted by molar-refractivity contribution is 0.0165. The van der Waals surface area contributed by atoms with Crippen molar-refractivity contribution in [2.24, 2.45) is 7.05 Å². The van der Waals surface area contributed by atoms with Gasteiger partial charge in [-0.05, 0) is 44.2 Å². The maximum atomic E-state index is 13.2. The molecule has 0 bridgehead atoms. The van der Waals surface area contributed by atoms with Gasteiger partial charge in [0.15, 0.2) is 10.8 Å². The van der Waals surface area contributed by atoms with Crippen molar-refractivity contribution >= 4 is 28.2 Å². The molecule has 0 N–H and O–H groups in total. The van der Waals surface area contributed by atoms with Crippen molar-refractivity contribution in [3.63, 3.8) is 0 Å². The van der Waals surface area contributed by atoms with Gasteiger partial charge in [-0.25, -0.2) is 13.4 Å². The molecule has 2 fully saturated rings. The van der Waals surface area contributed by atoms with Gasteiger partial charge in [0.1, 0.15) is 0 Å². The first-order chi connectivity index (χ1) is 15.7. The Morgan fingerprint density at radius 3 is 2.21 bits per heavy atom. The minimum Gasteiger partial charge on any atom is -0.339 e. The molecule has 2 aliphatic rings.